The highest BCUT2D eigenvalue weighted by molar-refractivity contribution is 6.36. The molecule has 1 atom stereocenters. The summed E-state index contributed by atoms with van der Waals surface area (Å²) in [6.07, 6.45) is 0. The molecule has 0 aromatic heterocycles. The second kappa shape index (κ2) is 4.71. The Hall–Kier alpha value is -0.280. The van der Waals surface area contributed by atoms with E-state index in [0.717, 1.165) is 5.56 Å². The highest BCUT2D eigenvalue weighted by atomic mass is 35.5. The maximum absolute atomic E-state index is 6.13. The number of rotatable bonds is 2. The van der Waals surface area contributed by atoms with Gasteiger partial charge in [-0.15, -0.1) is 0 Å². The third kappa shape index (κ3) is 2.85. The summed E-state index contributed by atoms with van der Waals surface area (Å²) in [5.41, 5.74) is 3.58. The topological polar surface area (TPSA) is 38.0 Å². The van der Waals surface area contributed by atoms with Crippen molar-refractivity contribution in [1.29, 1.82) is 0 Å². The second-order valence-electron chi connectivity index (χ2n) is 4.60. The Bertz CT molecular complexity index is 325. The van der Waals surface area contributed by atoms with E-state index in [2.05, 4.69) is 26.2 Å². The third-order valence-corrected chi connectivity index (χ3v) is 2.98. The molecule has 84 valence electrons. The molecule has 2 nitrogen and oxygen atoms in total. The molecule has 4 heteroatoms. The van der Waals surface area contributed by atoms with Crippen LogP contribution in [0.4, 0.5) is 0 Å². The minimum atomic E-state index is -0.0706. The second-order valence-corrected chi connectivity index (χ2v) is 5.42. The first-order valence-electron chi connectivity index (χ1n) is 4.78. The number of benzene rings is 1. The van der Waals surface area contributed by atoms with Gasteiger partial charge in [-0.1, -0.05) is 50.0 Å². The van der Waals surface area contributed by atoms with Crippen LogP contribution in [0.1, 0.15) is 32.4 Å². The van der Waals surface area contributed by atoms with Gasteiger partial charge in [-0.05, 0) is 17.5 Å². The fourth-order valence-corrected chi connectivity index (χ4v) is 2.17. The minimum absolute atomic E-state index is 0.0522. The van der Waals surface area contributed by atoms with Crippen molar-refractivity contribution in [3.8, 4) is 0 Å². The van der Waals surface area contributed by atoms with Gasteiger partial charge in [0.05, 0.1) is 6.04 Å². The molecule has 0 heterocycles. The van der Waals surface area contributed by atoms with E-state index in [9.17, 15) is 0 Å². The highest BCUT2D eigenvalue weighted by Gasteiger charge is 2.28. The molecule has 0 saturated heterocycles. The third-order valence-electron chi connectivity index (χ3n) is 2.32. The van der Waals surface area contributed by atoms with E-state index in [-0.39, 0.29) is 11.5 Å². The number of halogens is 2. The Balaban J connectivity index is 3.24. The summed E-state index contributed by atoms with van der Waals surface area (Å²) >= 11 is 12.3. The number of hydrogen-bond donors (Lipinski definition) is 2. The maximum atomic E-state index is 6.13. The first kappa shape index (κ1) is 12.8. The molecular weight excluding hydrogens is 231 g/mol. The van der Waals surface area contributed by atoms with Crippen LogP contribution >= 0.6 is 23.2 Å². The fraction of sp³-hybridized carbons (Fsp3) is 0.455. The number of nitrogens with one attached hydrogen (secondary N) is 1. The Morgan fingerprint density at radius 3 is 2.00 bits per heavy atom. The Labute approximate surface area is 101 Å². The van der Waals surface area contributed by atoms with Crippen molar-refractivity contribution in [1.82, 2.24) is 5.43 Å². The summed E-state index contributed by atoms with van der Waals surface area (Å²) in [5.74, 6) is 5.56. The molecule has 1 rings (SSSR count). The molecule has 1 unspecified atom stereocenters. The van der Waals surface area contributed by atoms with Gasteiger partial charge in [-0.3, -0.25) is 11.3 Å². The molecule has 0 fully saturated rings. The van der Waals surface area contributed by atoms with Crippen LogP contribution in [-0.4, -0.2) is 0 Å². The van der Waals surface area contributed by atoms with Crippen LogP contribution in [-0.2, 0) is 0 Å². The van der Waals surface area contributed by atoms with E-state index in [1.54, 1.807) is 0 Å². The molecule has 0 spiro atoms. The maximum Gasteiger partial charge on any atom is 0.0537 e. The zero-order chi connectivity index (χ0) is 11.6. The van der Waals surface area contributed by atoms with Gasteiger partial charge in [0.15, 0.2) is 0 Å². The van der Waals surface area contributed by atoms with Gasteiger partial charge in [0.2, 0.25) is 0 Å². The molecule has 0 aliphatic heterocycles. The standard InChI is InChI=1S/C11H16Cl2N2/c1-11(2,3)10(15-14)9-7(12)5-4-6-8(9)13/h4-6,10,15H,14H2,1-3H3. The number of hydrogen-bond acceptors (Lipinski definition) is 2. The highest BCUT2D eigenvalue weighted by Crippen LogP contribution is 2.39. The molecule has 0 bridgehead atoms. The summed E-state index contributed by atoms with van der Waals surface area (Å²) in [4.78, 5) is 0. The Kier molecular flexibility index (Phi) is 4.01. The average Bonchev–Trinajstić information content (AvgIpc) is 2.09. The molecule has 0 amide bonds. The SMILES string of the molecule is CC(C)(C)C(NN)c1c(Cl)cccc1Cl. The normalized spacial score (nSPS) is 14.0. The monoisotopic (exact) mass is 246 g/mol. The molecule has 15 heavy (non-hydrogen) atoms. The van der Waals surface area contributed by atoms with Gasteiger partial charge in [0.25, 0.3) is 0 Å². The van der Waals surface area contributed by atoms with Crippen molar-refractivity contribution in [3.63, 3.8) is 0 Å². The van der Waals surface area contributed by atoms with Crippen LogP contribution in [0.3, 0.4) is 0 Å². The van der Waals surface area contributed by atoms with Crippen LogP contribution in [0.2, 0.25) is 10.0 Å². The molecule has 1 aromatic carbocycles. The van der Waals surface area contributed by atoms with Crippen molar-refractivity contribution in [2.75, 3.05) is 0 Å². The molecular formula is C11H16Cl2N2. The lowest BCUT2D eigenvalue weighted by Crippen LogP contribution is -2.37. The van der Waals surface area contributed by atoms with Crippen molar-refractivity contribution in [2.24, 2.45) is 11.3 Å². The molecule has 1 aromatic rings. The van der Waals surface area contributed by atoms with Crippen LogP contribution in [0, 0.1) is 5.41 Å². The molecule has 0 aliphatic carbocycles. The lowest BCUT2D eigenvalue weighted by molar-refractivity contribution is 0.276. The quantitative estimate of drug-likeness (QED) is 0.619. The van der Waals surface area contributed by atoms with Crippen LogP contribution in [0.5, 0.6) is 0 Å². The van der Waals surface area contributed by atoms with E-state index in [1.165, 1.54) is 0 Å². The molecule has 3 N–H and O–H groups in total. The molecule has 0 saturated carbocycles. The van der Waals surface area contributed by atoms with Gasteiger partial charge in [0.1, 0.15) is 0 Å². The van der Waals surface area contributed by atoms with E-state index >= 15 is 0 Å². The van der Waals surface area contributed by atoms with E-state index in [4.69, 9.17) is 29.0 Å². The van der Waals surface area contributed by atoms with Crippen molar-refractivity contribution in [3.05, 3.63) is 33.8 Å². The van der Waals surface area contributed by atoms with Gasteiger partial charge >= 0.3 is 0 Å². The van der Waals surface area contributed by atoms with E-state index < -0.39 is 0 Å². The summed E-state index contributed by atoms with van der Waals surface area (Å²) in [6, 6.07) is 5.39. The van der Waals surface area contributed by atoms with Crippen LogP contribution < -0.4 is 11.3 Å². The van der Waals surface area contributed by atoms with Crippen LogP contribution in [0.25, 0.3) is 0 Å². The van der Waals surface area contributed by atoms with Gasteiger partial charge in [-0.2, -0.15) is 0 Å². The van der Waals surface area contributed by atoms with Gasteiger partial charge in [-0.25, -0.2) is 0 Å². The Morgan fingerprint density at radius 2 is 1.67 bits per heavy atom. The van der Waals surface area contributed by atoms with Crippen molar-refractivity contribution in [2.45, 2.75) is 26.8 Å². The first-order valence-corrected chi connectivity index (χ1v) is 5.53. The predicted octanol–water partition coefficient (Wildman–Crippen LogP) is 3.54. The zero-order valence-corrected chi connectivity index (χ0v) is 10.7. The summed E-state index contributed by atoms with van der Waals surface area (Å²) in [6.45, 7) is 6.24. The Morgan fingerprint density at radius 1 is 1.20 bits per heavy atom. The summed E-state index contributed by atoms with van der Waals surface area (Å²) < 4.78 is 0. The van der Waals surface area contributed by atoms with Gasteiger partial charge < -0.3 is 0 Å². The lowest BCUT2D eigenvalue weighted by Gasteiger charge is -2.31. The largest absolute Gasteiger partial charge is 0.271 e. The number of hydrazine groups is 1. The molecule has 0 radical (unpaired) electrons. The zero-order valence-electron chi connectivity index (χ0n) is 9.14. The number of nitrogens with two attached hydrogens (primary N) is 1. The lowest BCUT2D eigenvalue weighted by atomic mass is 9.83. The van der Waals surface area contributed by atoms with E-state index in [1.807, 2.05) is 18.2 Å². The molecule has 0 aliphatic rings. The summed E-state index contributed by atoms with van der Waals surface area (Å²) in [7, 11) is 0. The minimum Gasteiger partial charge on any atom is -0.271 e. The van der Waals surface area contributed by atoms with E-state index in [0.29, 0.717) is 10.0 Å². The first-order chi connectivity index (χ1) is 6.88. The fourth-order valence-electron chi connectivity index (χ4n) is 1.55. The average molecular weight is 247 g/mol. The van der Waals surface area contributed by atoms with Crippen molar-refractivity contribution < 1.29 is 0 Å². The summed E-state index contributed by atoms with van der Waals surface area (Å²) in [5, 5.41) is 1.28. The van der Waals surface area contributed by atoms with Crippen LogP contribution in [0.15, 0.2) is 18.2 Å². The van der Waals surface area contributed by atoms with Gasteiger partial charge in [0, 0.05) is 15.6 Å². The smallest absolute Gasteiger partial charge is 0.0537 e. The predicted molar refractivity (Wildman–Crippen MR) is 66.0 cm³/mol. The van der Waals surface area contributed by atoms with Crippen molar-refractivity contribution >= 4 is 23.2 Å².